The van der Waals surface area contributed by atoms with Gasteiger partial charge in [-0.05, 0) is 31.2 Å². The van der Waals surface area contributed by atoms with Gasteiger partial charge in [0.15, 0.2) is 6.10 Å². The van der Waals surface area contributed by atoms with Crippen LogP contribution in [-0.4, -0.2) is 13.2 Å². The summed E-state index contributed by atoms with van der Waals surface area (Å²) in [5.74, 6) is 2.22. The third-order valence-corrected chi connectivity index (χ3v) is 2.47. The van der Waals surface area contributed by atoms with Gasteiger partial charge in [-0.1, -0.05) is 6.07 Å². The van der Waals surface area contributed by atoms with Crippen molar-refractivity contribution in [2.75, 3.05) is 13.2 Å². The first-order valence-electron chi connectivity index (χ1n) is 5.96. The molecule has 1 aromatic carbocycles. The molecule has 0 spiro atoms. The monoisotopic (exact) mass is 247 g/mol. The van der Waals surface area contributed by atoms with Crippen molar-refractivity contribution in [3.8, 4) is 11.5 Å². The molecule has 4 nitrogen and oxygen atoms in total. The van der Waals surface area contributed by atoms with Crippen LogP contribution in [0, 0.1) is 0 Å². The van der Waals surface area contributed by atoms with Crippen LogP contribution in [0.25, 0.3) is 0 Å². The summed E-state index contributed by atoms with van der Waals surface area (Å²) in [6.45, 7) is 2.92. The first-order chi connectivity index (χ1) is 8.83. The Kier molecular flexibility index (Phi) is 4.25. The topological polar surface area (TPSA) is 57.6 Å². The molecule has 1 aromatic heterocycles. The normalized spacial score (nSPS) is 12.1. The van der Waals surface area contributed by atoms with Crippen molar-refractivity contribution < 1.29 is 13.9 Å². The van der Waals surface area contributed by atoms with Crippen molar-refractivity contribution in [1.82, 2.24) is 0 Å². The largest absolute Gasteiger partial charge is 0.494 e. The molecule has 18 heavy (non-hydrogen) atoms. The number of hydrogen-bond donors (Lipinski definition) is 1. The Balaban J connectivity index is 2.09. The second-order valence-electron chi connectivity index (χ2n) is 3.77. The number of benzene rings is 1. The van der Waals surface area contributed by atoms with Gasteiger partial charge in [0, 0.05) is 12.6 Å². The Morgan fingerprint density at radius 3 is 2.72 bits per heavy atom. The Bertz CT molecular complexity index is 468. The van der Waals surface area contributed by atoms with E-state index in [-0.39, 0.29) is 6.10 Å². The molecule has 0 bridgehead atoms. The SMILES string of the molecule is CCOc1cccc(OC(CN)c2ccco2)c1. The van der Waals surface area contributed by atoms with Crippen molar-refractivity contribution in [3.05, 3.63) is 48.4 Å². The van der Waals surface area contributed by atoms with Crippen molar-refractivity contribution in [2.45, 2.75) is 13.0 Å². The molecule has 2 rings (SSSR count). The minimum atomic E-state index is -0.281. The molecule has 4 heteroatoms. The van der Waals surface area contributed by atoms with Crippen LogP contribution in [0.3, 0.4) is 0 Å². The molecule has 0 aliphatic heterocycles. The zero-order valence-corrected chi connectivity index (χ0v) is 10.3. The summed E-state index contributed by atoms with van der Waals surface area (Å²) in [4.78, 5) is 0. The van der Waals surface area contributed by atoms with Gasteiger partial charge in [-0.3, -0.25) is 0 Å². The standard InChI is InChI=1S/C14H17NO3/c1-2-16-11-5-3-6-12(9-11)18-14(10-15)13-7-4-8-17-13/h3-9,14H,2,10,15H2,1H3. The molecule has 2 aromatic rings. The molecular weight excluding hydrogens is 230 g/mol. The highest BCUT2D eigenvalue weighted by molar-refractivity contribution is 5.33. The Morgan fingerprint density at radius 2 is 2.06 bits per heavy atom. The molecule has 0 amide bonds. The van der Waals surface area contributed by atoms with Crippen LogP contribution in [0.5, 0.6) is 11.5 Å². The molecule has 1 unspecified atom stereocenters. The summed E-state index contributed by atoms with van der Waals surface area (Å²) in [6, 6.07) is 11.2. The fourth-order valence-corrected chi connectivity index (χ4v) is 1.67. The van der Waals surface area contributed by atoms with Gasteiger partial charge in [0.05, 0.1) is 12.9 Å². The fraction of sp³-hybridized carbons (Fsp3) is 0.286. The van der Waals surface area contributed by atoms with E-state index in [1.165, 1.54) is 0 Å². The molecule has 0 radical (unpaired) electrons. The lowest BCUT2D eigenvalue weighted by Crippen LogP contribution is -2.17. The predicted molar refractivity (Wildman–Crippen MR) is 68.7 cm³/mol. The number of rotatable bonds is 6. The Hall–Kier alpha value is -1.94. The van der Waals surface area contributed by atoms with Crippen LogP contribution in [0.2, 0.25) is 0 Å². The van der Waals surface area contributed by atoms with Crippen molar-refractivity contribution in [3.63, 3.8) is 0 Å². The van der Waals surface area contributed by atoms with E-state index in [4.69, 9.17) is 19.6 Å². The quantitative estimate of drug-likeness (QED) is 0.852. The Labute approximate surface area is 106 Å². The zero-order valence-electron chi connectivity index (χ0n) is 10.3. The average molecular weight is 247 g/mol. The van der Waals surface area contributed by atoms with Gasteiger partial charge in [-0.2, -0.15) is 0 Å². The third kappa shape index (κ3) is 3.05. The summed E-state index contributed by atoms with van der Waals surface area (Å²) < 4.78 is 16.5. The lowest BCUT2D eigenvalue weighted by Gasteiger charge is -2.15. The van der Waals surface area contributed by atoms with Crippen molar-refractivity contribution >= 4 is 0 Å². The van der Waals surface area contributed by atoms with E-state index in [9.17, 15) is 0 Å². The molecule has 2 N–H and O–H groups in total. The van der Waals surface area contributed by atoms with Gasteiger partial charge in [0.2, 0.25) is 0 Å². The van der Waals surface area contributed by atoms with Gasteiger partial charge < -0.3 is 19.6 Å². The van der Waals surface area contributed by atoms with Gasteiger partial charge in [0.25, 0.3) is 0 Å². The van der Waals surface area contributed by atoms with Gasteiger partial charge in [-0.15, -0.1) is 0 Å². The van der Waals surface area contributed by atoms with E-state index in [0.29, 0.717) is 18.9 Å². The van der Waals surface area contributed by atoms with Gasteiger partial charge >= 0.3 is 0 Å². The first-order valence-corrected chi connectivity index (χ1v) is 5.96. The number of furan rings is 1. The molecule has 0 saturated heterocycles. The minimum absolute atomic E-state index is 0.281. The number of ether oxygens (including phenoxy) is 2. The van der Waals surface area contributed by atoms with Crippen LogP contribution in [0.4, 0.5) is 0 Å². The number of hydrogen-bond acceptors (Lipinski definition) is 4. The molecule has 96 valence electrons. The van der Waals surface area contributed by atoms with Crippen LogP contribution in [-0.2, 0) is 0 Å². The summed E-state index contributed by atoms with van der Waals surface area (Å²) in [5.41, 5.74) is 5.69. The van der Waals surface area contributed by atoms with Crippen molar-refractivity contribution in [1.29, 1.82) is 0 Å². The summed E-state index contributed by atoms with van der Waals surface area (Å²) in [5, 5.41) is 0. The second kappa shape index (κ2) is 6.12. The highest BCUT2D eigenvalue weighted by Gasteiger charge is 2.14. The maximum atomic E-state index is 5.80. The summed E-state index contributed by atoms with van der Waals surface area (Å²) in [6.07, 6.45) is 1.33. The van der Waals surface area contributed by atoms with E-state index in [1.54, 1.807) is 6.26 Å². The average Bonchev–Trinajstić information content (AvgIpc) is 2.90. The molecule has 0 aliphatic rings. The first kappa shape index (κ1) is 12.5. The van der Waals surface area contributed by atoms with E-state index in [2.05, 4.69) is 0 Å². The van der Waals surface area contributed by atoms with E-state index in [1.807, 2.05) is 43.3 Å². The molecule has 0 aliphatic carbocycles. The van der Waals surface area contributed by atoms with Crippen LogP contribution in [0.15, 0.2) is 47.1 Å². The number of nitrogens with two attached hydrogens (primary N) is 1. The predicted octanol–water partition coefficient (Wildman–Crippen LogP) is 2.76. The van der Waals surface area contributed by atoms with Crippen LogP contribution in [0.1, 0.15) is 18.8 Å². The van der Waals surface area contributed by atoms with E-state index < -0.39 is 0 Å². The lowest BCUT2D eigenvalue weighted by atomic mass is 10.2. The highest BCUT2D eigenvalue weighted by atomic mass is 16.5. The second-order valence-corrected chi connectivity index (χ2v) is 3.77. The molecule has 1 atom stereocenters. The van der Waals surface area contributed by atoms with Gasteiger partial charge in [-0.25, -0.2) is 0 Å². The Morgan fingerprint density at radius 1 is 1.22 bits per heavy atom. The van der Waals surface area contributed by atoms with E-state index in [0.717, 1.165) is 11.5 Å². The maximum absolute atomic E-state index is 5.80. The zero-order chi connectivity index (χ0) is 12.8. The lowest BCUT2D eigenvalue weighted by molar-refractivity contribution is 0.183. The third-order valence-electron chi connectivity index (χ3n) is 2.47. The summed E-state index contributed by atoms with van der Waals surface area (Å²) >= 11 is 0. The minimum Gasteiger partial charge on any atom is -0.494 e. The molecule has 0 saturated carbocycles. The molecular formula is C14H17NO3. The van der Waals surface area contributed by atoms with E-state index >= 15 is 0 Å². The van der Waals surface area contributed by atoms with Crippen LogP contribution < -0.4 is 15.2 Å². The van der Waals surface area contributed by atoms with Crippen molar-refractivity contribution in [2.24, 2.45) is 5.73 Å². The van der Waals surface area contributed by atoms with Crippen LogP contribution >= 0.6 is 0 Å². The van der Waals surface area contributed by atoms with Gasteiger partial charge in [0.1, 0.15) is 17.3 Å². The smallest absolute Gasteiger partial charge is 0.168 e. The highest BCUT2D eigenvalue weighted by Crippen LogP contribution is 2.25. The maximum Gasteiger partial charge on any atom is 0.168 e. The molecule has 1 heterocycles. The summed E-state index contributed by atoms with van der Waals surface area (Å²) in [7, 11) is 0. The fourth-order valence-electron chi connectivity index (χ4n) is 1.67. The molecule has 0 fully saturated rings.